The van der Waals surface area contributed by atoms with E-state index in [0.717, 1.165) is 18.6 Å². The van der Waals surface area contributed by atoms with Crippen LogP contribution in [0.5, 0.6) is 5.75 Å². The molecule has 0 N–H and O–H groups in total. The maximum atomic E-state index is 12.4. The summed E-state index contributed by atoms with van der Waals surface area (Å²) in [5.74, 6) is 0.845. The summed E-state index contributed by atoms with van der Waals surface area (Å²) < 4.78 is 32.7. The van der Waals surface area contributed by atoms with Crippen molar-refractivity contribution in [1.29, 1.82) is 0 Å². The summed E-state index contributed by atoms with van der Waals surface area (Å²) in [5, 5.41) is 1.79. The van der Waals surface area contributed by atoms with Crippen molar-refractivity contribution in [2.24, 2.45) is 0 Å². The van der Waals surface area contributed by atoms with E-state index < -0.39 is 10.0 Å². The second kappa shape index (κ2) is 6.17. The lowest BCUT2D eigenvalue weighted by Crippen LogP contribution is -2.41. The zero-order valence-corrected chi connectivity index (χ0v) is 13.1. The molecule has 3 rings (SSSR count). The highest BCUT2D eigenvalue weighted by molar-refractivity contribution is 7.91. The van der Waals surface area contributed by atoms with Crippen LogP contribution in [0.15, 0.2) is 52.1 Å². The van der Waals surface area contributed by atoms with Gasteiger partial charge in [0.15, 0.2) is 0 Å². The van der Waals surface area contributed by atoms with E-state index >= 15 is 0 Å². The van der Waals surface area contributed by atoms with Crippen molar-refractivity contribution >= 4 is 21.4 Å². The number of sulfonamides is 1. The number of thiophene rings is 1. The Hall–Kier alpha value is -1.37. The summed E-state index contributed by atoms with van der Waals surface area (Å²) in [6.07, 6.45) is 1.53. The Bertz CT molecular complexity index is 660. The molecule has 1 saturated heterocycles. The fourth-order valence-electron chi connectivity index (χ4n) is 2.42. The van der Waals surface area contributed by atoms with Crippen molar-refractivity contribution in [2.45, 2.75) is 23.2 Å². The van der Waals surface area contributed by atoms with E-state index in [1.165, 1.54) is 11.3 Å². The van der Waals surface area contributed by atoms with Crippen LogP contribution >= 0.6 is 11.3 Å². The van der Waals surface area contributed by atoms with Gasteiger partial charge >= 0.3 is 0 Å². The summed E-state index contributed by atoms with van der Waals surface area (Å²) >= 11 is 1.27. The standard InChI is InChI=1S/C15H17NO3S2/c17-21(18,15-7-4-12-20-15)16-10-8-14(9-11-16)19-13-5-2-1-3-6-13/h1-7,12,14H,8-11H2. The zero-order chi connectivity index (χ0) is 14.7. The Morgan fingerprint density at radius 3 is 2.38 bits per heavy atom. The van der Waals surface area contributed by atoms with E-state index in [0.29, 0.717) is 17.3 Å². The van der Waals surface area contributed by atoms with Gasteiger partial charge in [0.2, 0.25) is 0 Å². The van der Waals surface area contributed by atoms with Crippen LogP contribution in [-0.4, -0.2) is 31.9 Å². The summed E-state index contributed by atoms with van der Waals surface area (Å²) in [6.45, 7) is 1.02. The van der Waals surface area contributed by atoms with Crippen LogP contribution in [0.3, 0.4) is 0 Å². The minimum Gasteiger partial charge on any atom is -0.490 e. The van der Waals surface area contributed by atoms with Gasteiger partial charge in [-0.25, -0.2) is 8.42 Å². The van der Waals surface area contributed by atoms with Gasteiger partial charge < -0.3 is 4.74 Å². The third kappa shape index (κ3) is 3.28. The molecule has 2 aromatic rings. The van der Waals surface area contributed by atoms with E-state index in [9.17, 15) is 8.42 Å². The van der Waals surface area contributed by atoms with Crippen LogP contribution in [0.2, 0.25) is 0 Å². The fraction of sp³-hybridized carbons (Fsp3) is 0.333. The van der Waals surface area contributed by atoms with Gasteiger partial charge in [-0.3, -0.25) is 0 Å². The smallest absolute Gasteiger partial charge is 0.252 e. The topological polar surface area (TPSA) is 46.6 Å². The van der Waals surface area contributed by atoms with E-state index in [4.69, 9.17) is 4.74 Å². The molecule has 1 aliphatic rings. The predicted octanol–water partition coefficient (Wildman–Crippen LogP) is 2.98. The summed E-state index contributed by atoms with van der Waals surface area (Å²) in [5.41, 5.74) is 0. The molecule has 0 radical (unpaired) electrons. The lowest BCUT2D eigenvalue weighted by atomic mass is 10.1. The second-order valence-electron chi connectivity index (χ2n) is 4.97. The molecular weight excluding hydrogens is 306 g/mol. The summed E-state index contributed by atoms with van der Waals surface area (Å²) in [7, 11) is -3.32. The molecule has 1 aliphatic heterocycles. The van der Waals surface area contributed by atoms with Gasteiger partial charge in [0.1, 0.15) is 16.1 Å². The maximum absolute atomic E-state index is 12.4. The van der Waals surface area contributed by atoms with Crippen LogP contribution in [-0.2, 0) is 10.0 Å². The minimum atomic E-state index is -3.32. The average Bonchev–Trinajstić information content (AvgIpc) is 3.04. The van der Waals surface area contributed by atoms with Gasteiger partial charge in [0.25, 0.3) is 10.0 Å². The molecule has 21 heavy (non-hydrogen) atoms. The van der Waals surface area contributed by atoms with E-state index in [2.05, 4.69) is 0 Å². The molecule has 0 unspecified atom stereocenters. The Kier molecular flexibility index (Phi) is 4.28. The molecule has 0 amide bonds. The molecule has 6 heteroatoms. The first kappa shape index (κ1) is 14.6. The number of nitrogens with zero attached hydrogens (tertiary/aromatic N) is 1. The SMILES string of the molecule is O=S(=O)(c1cccs1)N1CCC(Oc2ccccc2)CC1. The number of hydrogen-bond donors (Lipinski definition) is 0. The molecule has 2 heterocycles. The van der Waals surface area contributed by atoms with Crippen molar-refractivity contribution in [3.8, 4) is 5.75 Å². The number of piperidine rings is 1. The van der Waals surface area contributed by atoms with Gasteiger partial charge in [-0.05, 0) is 36.4 Å². The Balaban J connectivity index is 1.61. The molecule has 0 atom stereocenters. The summed E-state index contributed by atoms with van der Waals surface area (Å²) in [4.78, 5) is 0. The molecular formula is C15H17NO3S2. The first-order chi connectivity index (χ1) is 10.2. The van der Waals surface area contributed by atoms with Gasteiger partial charge in [0, 0.05) is 13.1 Å². The van der Waals surface area contributed by atoms with Crippen LogP contribution in [0.4, 0.5) is 0 Å². The monoisotopic (exact) mass is 323 g/mol. The van der Waals surface area contributed by atoms with Crippen molar-refractivity contribution in [3.05, 3.63) is 47.8 Å². The number of hydrogen-bond acceptors (Lipinski definition) is 4. The fourth-order valence-corrected chi connectivity index (χ4v) is 5.03. The molecule has 0 aliphatic carbocycles. The first-order valence-electron chi connectivity index (χ1n) is 6.91. The highest BCUT2D eigenvalue weighted by atomic mass is 32.2. The van der Waals surface area contributed by atoms with Crippen LogP contribution < -0.4 is 4.74 Å². The van der Waals surface area contributed by atoms with Crippen molar-refractivity contribution in [2.75, 3.05) is 13.1 Å². The van der Waals surface area contributed by atoms with Crippen LogP contribution in [0.25, 0.3) is 0 Å². The lowest BCUT2D eigenvalue weighted by molar-refractivity contribution is 0.135. The zero-order valence-electron chi connectivity index (χ0n) is 11.5. The third-order valence-corrected chi connectivity index (χ3v) is 6.81. The van der Waals surface area contributed by atoms with Crippen molar-refractivity contribution in [1.82, 2.24) is 4.31 Å². The number of ether oxygens (including phenoxy) is 1. The molecule has 1 aromatic heterocycles. The van der Waals surface area contributed by atoms with Crippen molar-refractivity contribution < 1.29 is 13.2 Å². The molecule has 0 spiro atoms. The van der Waals surface area contributed by atoms with Crippen LogP contribution in [0.1, 0.15) is 12.8 Å². The van der Waals surface area contributed by atoms with Crippen LogP contribution in [0, 0.1) is 0 Å². The highest BCUT2D eigenvalue weighted by Crippen LogP contribution is 2.25. The van der Waals surface area contributed by atoms with Gasteiger partial charge in [-0.1, -0.05) is 24.3 Å². The lowest BCUT2D eigenvalue weighted by Gasteiger charge is -2.31. The van der Waals surface area contributed by atoms with Gasteiger partial charge in [-0.15, -0.1) is 11.3 Å². The average molecular weight is 323 g/mol. The van der Waals surface area contributed by atoms with Gasteiger partial charge in [-0.2, -0.15) is 4.31 Å². The van der Waals surface area contributed by atoms with E-state index in [1.807, 2.05) is 30.3 Å². The third-order valence-electron chi connectivity index (χ3n) is 3.54. The van der Waals surface area contributed by atoms with Gasteiger partial charge in [0.05, 0.1) is 0 Å². The Labute approximate surface area is 129 Å². The molecule has 0 saturated carbocycles. The summed E-state index contributed by atoms with van der Waals surface area (Å²) in [6, 6.07) is 13.1. The molecule has 0 bridgehead atoms. The predicted molar refractivity (Wildman–Crippen MR) is 83.2 cm³/mol. The van der Waals surface area contributed by atoms with E-state index in [1.54, 1.807) is 21.8 Å². The molecule has 1 fully saturated rings. The highest BCUT2D eigenvalue weighted by Gasteiger charge is 2.30. The molecule has 4 nitrogen and oxygen atoms in total. The second-order valence-corrected chi connectivity index (χ2v) is 8.08. The van der Waals surface area contributed by atoms with Crippen molar-refractivity contribution in [3.63, 3.8) is 0 Å². The van der Waals surface area contributed by atoms with E-state index in [-0.39, 0.29) is 6.10 Å². The normalized spacial score (nSPS) is 17.7. The number of para-hydroxylation sites is 1. The Morgan fingerprint density at radius 1 is 1.05 bits per heavy atom. The number of rotatable bonds is 4. The molecule has 112 valence electrons. The number of benzene rings is 1. The quantitative estimate of drug-likeness (QED) is 0.869. The Morgan fingerprint density at radius 2 is 1.76 bits per heavy atom. The largest absolute Gasteiger partial charge is 0.490 e. The minimum absolute atomic E-state index is 0.0854. The molecule has 1 aromatic carbocycles. The maximum Gasteiger partial charge on any atom is 0.252 e. The first-order valence-corrected chi connectivity index (χ1v) is 9.23.